The highest BCUT2D eigenvalue weighted by atomic mass is 35.5. The second kappa shape index (κ2) is 8.41. The van der Waals surface area contributed by atoms with Gasteiger partial charge >= 0.3 is 0 Å². The zero-order valence-electron chi connectivity index (χ0n) is 16.3. The van der Waals surface area contributed by atoms with E-state index in [1.165, 1.54) is 20.1 Å². The van der Waals surface area contributed by atoms with Crippen LogP contribution in [0, 0.1) is 0 Å². The molecule has 0 saturated heterocycles. The summed E-state index contributed by atoms with van der Waals surface area (Å²) in [6.45, 7) is 2.74. The third kappa shape index (κ3) is 4.27. The van der Waals surface area contributed by atoms with Crippen LogP contribution in [0.5, 0.6) is 0 Å². The van der Waals surface area contributed by atoms with Crippen LogP contribution in [0.15, 0.2) is 53.6 Å². The van der Waals surface area contributed by atoms with E-state index in [0.29, 0.717) is 21.8 Å². The highest BCUT2D eigenvalue weighted by Gasteiger charge is 2.24. The Morgan fingerprint density at radius 3 is 2.34 bits per heavy atom. The second-order valence-corrected chi connectivity index (χ2v) is 7.09. The van der Waals surface area contributed by atoms with Crippen molar-refractivity contribution in [3.8, 4) is 0 Å². The predicted octanol–water partition coefficient (Wildman–Crippen LogP) is 3.99. The van der Waals surface area contributed by atoms with E-state index in [9.17, 15) is 14.4 Å². The topological polar surface area (TPSA) is 71.7 Å². The molecule has 6 nitrogen and oxygen atoms in total. The molecule has 0 radical (unpaired) electrons. The zero-order chi connectivity index (χ0) is 21.1. The number of carbonyl (C=O) groups is 3. The van der Waals surface area contributed by atoms with Crippen LogP contribution in [0.2, 0.25) is 5.02 Å². The van der Waals surface area contributed by atoms with Crippen molar-refractivity contribution in [2.24, 2.45) is 12.1 Å². The van der Waals surface area contributed by atoms with E-state index in [4.69, 9.17) is 11.6 Å². The number of para-hydroxylation sites is 1. The highest BCUT2D eigenvalue weighted by molar-refractivity contribution is 6.30. The van der Waals surface area contributed by atoms with E-state index in [2.05, 4.69) is 5.10 Å². The fourth-order valence-electron chi connectivity index (χ4n) is 3.26. The number of ketones is 1. The van der Waals surface area contributed by atoms with Gasteiger partial charge in [-0.05, 0) is 30.7 Å². The molecule has 0 spiro atoms. The Hall–Kier alpha value is -3.25. The minimum Gasteiger partial charge on any atom is -0.346 e. The molecule has 3 rings (SSSR count). The van der Waals surface area contributed by atoms with Gasteiger partial charge in [0, 0.05) is 41.2 Å². The van der Waals surface area contributed by atoms with E-state index in [1.807, 2.05) is 28.8 Å². The summed E-state index contributed by atoms with van der Waals surface area (Å²) in [6.07, 6.45) is 1.29. The molecule has 148 valence electrons. The summed E-state index contributed by atoms with van der Waals surface area (Å²) < 4.78 is 1.81. The van der Waals surface area contributed by atoms with Gasteiger partial charge in [0.1, 0.15) is 0 Å². The lowest BCUT2D eigenvalue weighted by Crippen LogP contribution is -2.32. The Morgan fingerprint density at radius 2 is 1.72 bits per heavy atom. The average Bonchev–Trinajstić information content (AvgIpc) is 2.95. The highest BCUT2D eigenvalue weighted by Crippen LogP contribution is 2.26. The Bertz CT molecular complexity index is 1130. The number of benzene rings is 2. The molecule has 0 aliphatic carbocycles. The van der Waals surface area contributed by atoms with Crippen LogP contribution < -0.4 is 0 Å². The van der Waals surface area contributed by atoms with E-state index >= 15 is 0 Å². The maximum Gasteiger partial charge on any atom is 0.255 e. The lowest BCUT2D eigenvalue weighted by atomic mass is 10.1. The van der Waals surface area contributed by atoms with Crippen LogP contribution >= 0.6 is 11.6 Å². The fraction of sp³-hybridized carbons (Fsp3) is 0.182. The van der Waals surface area contributed by atoms with Gasteiger partial charge in [0.25, 0.3) is 5.91 Å². The number of Topliss-reactive ketones (excluding diaryl/α,β-unsaturated/α-hetero) is 1. The summed E-state index contributed by atoms with van der Waals surface area (Å²) in [6, 6.07) is 14.3. The van der Waals surface area contributed by atoms with E-state index < -0.39 is 11.8 Å². The zero-order valence-corrected chi connectivity index (χ0v) is 17.1. The fourth-order valence-corrected chi connectivity index (χ4v) is 3.38. The van der Waals surface area contributed by atoms with Gasteiger partial charge in [0.2, 0.25) is 5.91 Å². The number of hydrogen-bond donors (Lipinski definition) is 0. The molecule has 0 unspecified atom stereocenters. The van der Waals surface area contributed by atoms with Gasteiger partial charge in [-0.3, -0.25) is 14.4 Å². The Kier molecular flexibility index (Phi) is 5.94. The van der Waals surface area contributed by atoms with Crippen molar-refractivity contribution < 1.29 is 14.4 Å². The van der Waals surface area contributed by atoms with Crippen LogP contribution in [-0.2, 0) is 23.1 Å². The predicted molar refractivity (Wildman–Crippen MR) is 113 cm³/mol. The van der Waals surface area contributed by atoms with Crippen molar-refractivity contribution in [1.82, 2.24) is 9.58 Å². The number of amides is 2. The number of fused-ring (bicyclic) bond motifs is 1. The van der Waals surface area contributed by atoms with Crippen molar-refractivity contribution in [3.63, 3.8) is 0 Å². The molecule has 2 aromatic carbocycles. The molecule has 0 atom stereocenters. The number of rotatable bonds is 5. The minimum atomic E-state index is -0.517. The summed E-state index contributed by atoms with van der Waals surface area (Å²) in [7, 11) is 1.80. The van der Waals surface area contributed by atoms with Crippen LogP contribution in [0.25, 0.3) is 10.9 Å². The second-order valence-electron chi connectivity index (χ2n) is 6.65. The normalized spacial score (nSPS) is 11.2. The molecular formula is C22H20ClN3O3. The summed E-state index contributed by atoms with van der Waals surface area (Å²) in [5, 5.41) is 6.22. The average molecular weight is 410 g/mol. The van der Waals surface area contributed by atoms with Crippen LogP contribution in [-0.4, -0.2) is 33.4 Å². The quantitative estimate of drug-likeness (QED) is 0.363. The molecule has 0 N–H and O–H groups in total. The molecule has 1 aromatic heterocycles. The minimum absolute atomic E-state index is 0.127. The van der Waals surface area contributed by atoms with Crippen molar-refractivity contribution in [3.05, 3.63) is 70.4 Å². The Balaban J connectivity index is 1.94. The molecule has 0 bridgehead atoms. The van der Waals surface area contributed by atoms with Crippen molar-refractivity contribution >= 4 is 46.3 Å². The monoisotopic (exact) mass is 409 g/mol. The van der Waals surface area contributed by atoms with Gasteiger partial charge < -0.3 is 4.57 Å². The standard InChI is InChI=1S/C22H20ClN3O3/c1-14(27)22-18-6-4-5-7-19(18)25(3)20(22)12-21(29)26(15(2)28)24-13-16-8-10-17(23)11-9-16/h4-11,13H,12H2,1-3H3/b24-13-. The molecule has 0 aliphatic heterocycles. The molecule has 3 aromatic rings. The van der Waals surface area contributed by atoms with Gasteiger partial charge in [-0.15, -0.1) is 0 Å². The number of aromatic nitrogens is 1. The molecule has 2 amide bonds. The third-order valence-corrected chi connectivity index (χ3v) is 4.88. The number of carbonyl (C=O) groups excluding carboxylic acids is 3. The maximum absolute atomic E-state index is 12.9. The van der Waals surface area contributed by atoms with E-state index in [1.54, 1.807) is 31.3 Å². The molecule has 29 heavy (non-hydrogen) atoms. The molecule has 0 fully saturated rings. The van der Waals surface area contributed by atoms with Gasteiger partial charge in [0.15, 0.2) is 5.78 Å². The van der Waals surface area contributed by atoms with Gasteiger partial charge in [-0.1, -0.05) is 41.9 Å². The molecule has 0 saturated carbocycles. The first-order valence-electron chi connectivity index (χ1n) is 9.00. The number of aryl methyl sites for hydroxylation is 1. The lowest BCUT2D eigenvalue weighted by molar-refractivity contribution is -0.143. The molecular weight excluding hydrogens is 390 g/mol. The van der Waals surface area contributed by atoms with Crippen LogP contribution in [0.3, 0.4) is 0 Å². The third-order valence-electron chi connectivity index (χ3n) is 4.63. The molecule has 0 aliphatic rings. The number of imide groups is 1. The summed E-state index contributed by atoms with van der Waals surface area (Å²) >= 11 is 5.86. The first-order valence-corrected chi connectivity index (χ1v) is 9.37. The van der Waals surface area contributed by atoms with Crippen molar-refractivity contribution in [1.29, 1.82) is 0 Å². The lowest BCUT2D eigenvalue weighted by Gasteiger charge is -2.14. The summed E-state index contributed by atoms with van der Waals surface area (Å²) in [5.41, 5.74) is 2.58. The maximum atomic E-state index is 12.9. The largest absolute Gasteiger partial charge is 0.346 e. The number of nitrogens with zero attached hydrogens (tertiary/aromatic N) is 3. The number of halogens is 1. The van der Waals surface area contributed by atoms with Crippen LogP contribution in [0.4, 0.5) is 0 Å². The first-order chi connectivity index (χ1) is 13.8. The van der Waals surface area contributed by atoms with Gasteiger partial charge in [0.05, 0.1) is 12.6 Å². The van der Waals surface area contributed by atoms with Gasteiger partial charge in [-0.2, -0.15) is 10.1 Å². The van der Waals surface area contributed by atoms with Gasteiger partial charge in [-0.25, -0.2) is 0 Å². The van der Waals surface area contributed by atoms with E-state index in [0.717, 1.165) is 15.9 Å². The number of hydrogen-bond acceptors (Lipinski definition) is 4. The van der Waals surface area contributed by atoms with Crippen molar-refractivity contribution in [2.75, 3.05) is 0 Å². The Labute approximate surface area is 173 Å². The molecule has 7 heteroatoms. The van der Waals surface area contributed by atoms with Crippen LogP contribution in [0.1, 0.15) is 35.5 Å². The smallest absolute Gasteiger partial charge is 0.255 e. The SMILES string of the molecule is CC(=O)c1c(CC(=O)N(/N=C\c2ccc(Cl)cc2)C(C)=O)n(C)c2ccccc12. The summed E-state index contributed by atoms with van der Waals surface area (Å²) in [5.74, 6) is -1.16. The molecule has 1 heterocycles. The first kappa shape index (κ1) is 20.5. The number of hydrazone groups is 1. The van der Waals surface area contributed by atoms with E-state index in [-0.39, 0.29) is 12.2 Å². The summed E-state index contributed by atoms with van der Waals surface area (Å²) in [4.78, 5) is 37.2. The Morgan fingerprint density at radius 1 is 1.07 bits per heavy atom. The van der Waals surface area contributed by atoms with Crippen molar-refractivity contribution in [2.45, 2.75) is 20.3 Å².